The van der Waals surface area contributed by atoms with Gasteiger partial charge in [0.15, 0.2) is 0 Å². The quantitative estimate of drug-likeness (QED) is 0.775. The highest BCUT2D eigenvalue weighted by Crippen LogP contribution is 2.07. The van der Waals surface area contributed by atoms with E-state index in [-0.39, 0.29) is 5.91 Å². The molecule has 0 aromatic heterocycles. The maximum Gasteiger partial charge on any atom is 0.408 e. The van der Waals surface area contributed by atoms with Gasteiger partial charge in [0.05, 0.1) is 0 Å². The highest BCUT2D eigenvalue weighted by molar-refractivity contribution is 5.85. The van der Waals surface area contributed by atoms with Crippen LogP contribution in [0.25, 0.3) is 0 Å². The Morgan fingerprint density at radius 3 is 2.29 bits per heavy atom. The minimum absolute atomic E-state index is 0.222. The maximum absolute atomic E-state index is 11.6. The van der Waals surface area contributed by atoms with Crippen molar-refractivity contribution in [3.05, 3.63) is 6.54 Å². The van der Waals surface area contributed by atoms with Crippen molar-refractivity contribution in [1.29, 1.82) is 0 Å². The Kier molecular flexibility index (Phi) is 6.61. The monoisotopic (exact) mass is 243 g/mol. The fourth-order valence-electron chi connectivity index (χ4n) is 1.11. The van der Waals surface area contributed by atoms with Gasteiger partial charge in [-0.2, -0.15) is 0 Å². The minimum atomic E-state index is -0.573. The summed E-state index contributed by atoms with van der Waals surface area (Å²) in [6.07, 6.45) is 0.688. The predicted molar refractivity (Wildman–Crippen MR) is 66.2 cm³/mol. The Balaban J connectivity index is 4.21. The first-order valence-corrected chi connectivity index (χ1v) is 5.91. The molecular weight excluding hydrogens is 220 g/mol. The third-order valence-electron chi connectivity index (χ3n) is 1.86. The molecule has 1 atom stereocenters. The van der Waals surface area contributed by atoms with Gasteiger partial charge in [0.25, 0.3) is 0 Å². The van der Waals surface area contributed by atoms with Gasteiger partial charge in [0, 0.05) is 6.54 Å². The van der Waals surface area contributed by atoms with Gasteiger partial charge in [-0.15, -0.1) is 0 Å². The van der Waals surface area contributed by atoms with Gasteiger partial charge in [-0.3, -0.25) is 4.79 Å². The van der Waals surface area contributed by atoms with E-state index in [0.717, 1.165) is 6.42 Å². The highest BCUT2D eigenvalue weighted by atomic mass is 16.6. The fourth-order valence-corrected chi connectivity index (χ4v) is 1.11. The summed E-state index contributed by atoms with van der Waals surface area (Å²) in [6, 6.07) is -0.562. The first-order chi connectivity index (χ1) is 7.80. The summed E-state index contributed by atoms with van der Waals surface area (Å²) >= 11 is 0. The van der Waals surface area contributed by atoms with E-state index in [4.69, 9.17) is 4.74 Å². The number of hydrogen-bond acceptors (Lipinski definition) is 3. The zero-order valence-corrected chi connectivity index (χ0v) is 11.3. The number of amides is 2. The third-order valence-corrected chi connectivity index (χ3v) is 1.86. The Morgan fingerprint density at radius 1 is 1.29 bits per heavy atom. The summed E-state index contributed by atoms with van der Waals surface area (Å²) < 4.78 is 5.08. The number of rotatable bonds is 5. The number of carbonyl (C=O) groups excluding carboxylic acids is 2. The van der Waals surface area contributed by atoms with E-state index >= 15 is 0 Å². The van der Waals surface area contributed by atoms with Crippen molar-refractivity contribution in [3.63, 3.8) is 0 Å². The Labute approximate surface area is 103 Å². The van der Waals surface area contributed by atoms with E-state index in [0.29, 0.717) is 6.42 Å². The molecular formula is C12H23N2O3. The van der Waals surface area contributed by atoms with Crippen LogP contribution >= 0.6 is 0 Å². The molecule has 2 N–H and O–H groups in total. The summed E-state index contributed by atoms with van der Waals surface area (Å²) in [6.45, 7) is 10.7. The lowest BCUT2D eigenvalue weighted by Gasteiger charge is -2.22. The van der Waals surface area contributed by atoms with Crippen molar-refractivity contribution >= 4 is 12.0 Å². The van der Waals surface area contributed by atoms with Crippen LogP contribution in [0.5, 0.6) is 0 Å². The molecule has 0 unspecified atom stereocenters. The molecule has 0 spiro atoms. The van der Waals surface area contributed by atoms with Crippen LogP contribution < -0.4 is 10.6 Å². The molecule has 0 aliphatic rings. The van der Waals surface area contributed by atoms with Crippen molar-refractivity contribution in [2.45, 2.75) is 59.1 Å². The average molecular weight is 243 g/mol. The molecule has 0 heterocycles. The van der Waals surface area contributed by atoms with Crippen molar-refractivity contribution < 1.29 is 14.3 Å². The summed E-state index contributed by atoms with van der Waals surface area (Å²) in [4.78, 5) is 23.1. The molecule has 17 heavy (non-hydrogen) atoms. The lowest BCUT2D eigenvalue weighted by Crippen LogP contribution is -2.47. The van der Waals surface area contributed by atoms with Gasteiger partial charge in [-0.1, -0.05) is 13.8 Å². The molecule has 0 aliphatic carbocycles. The zero-order chi connectivity index (χ0) is 13.5. The van der Waals surface area contributed by atoms with Gasteiger partial charge in [-0.25, -0.2) is 4.79 Å². The van der Waals surface area contributed by atoms with E-state index in [1.54, 1.807) is 27.3 Å². The van der Waals surface area contributed by atoms with Gasteiger partial charge in [0.2, 0.25) is 5.91 Å². The number of nitrogens with one attached hydrogen (secondary N) is 2. The first-order valence-electron chi connectivity index (χ1n) is 5.91. The Bertz CT molecular complexity index is 259. The van der Waals surface area contributed by atoms with Crippen LogP contribution in [0.2, 0.25) is 0 Å². The zero-order valence-electron chi connectivity index (χ0n) is 11.3. The van der Waals surface area contributed by atoms with Gasteiger partial charge in [0.1, 0.15) is 11.6 Å². The molecule has 0 bridgehead atoms. The smallest absolute Gasteiger partial charge is 0.408 e. The summed E-state index contributed by atoms with van der Waals surface area (Å²) in [5, 5.41) is 5.16. The summed E-state index contributed by atoms with van der Waals surface area (Å²) in [7, 11) is 0. The van der Waals surface area contributed by atoms with Gasteiger partial charge in [-0.05, 0) is 33.6 Å². The normalized spacial score (nSPS) is 12.8. The lowest BCUT2D eigenvalue weighted by molar-refractivity contribution is -0.122. The summed E-state index contributed by atoms with van der Waals surface area (Å²) in [5.41, 5.74) is -0.561. The molecule has 0 aliphatic heterocycles. The topological polar surface area (TPSA) is 67.4 Å². The van der Waals surface area contributed by atoms with Crippen molar-refractivity contribution in [2.24, 2.45) is 0 Å². The highest BCUT2D eigenvalue weighted by Gasteiger charge is 2.22. The molecule has 1 radical (unpaired) electrons. The second-order valence-corrected chi connectivity index (χ2v) is 4.73. The second kappa shape index (κ2) is 7.14. The Hall–Kier alpha value is -1.26. The van der Waals surface area contributed by atoms with Crippen LogP contribution in [0.4, 0.5) is 4.79 Å². The minimum Gasteiger partial charge on any atom is -0.444 e. The van der Waals surface area contributed by atoms with Crippen LogP contribution in [0.15, 0.2) is 0 Å². The molecule has 0 saturated carbocycles. The van der Waals surface area contributed by atoms with Crippen LogP contribution in [-0.2, 0) is 9.53 Å². The molecule has 0 rings (SSSR count). The molecule has 2 amide bonds. The number of ether oxygens (including phenoxy) is 1. The van der Waals surface area contributed by atoms with Gasteiger partial charge >= 0.3 is 6.09 Å². The van der Waals surface area contributed by atoms with Crippen molar-refractivity contribution in [1.82, 2.24) is 10.6 Å². The molecule has 0 fully saturated rings. The lowest BCUT2D eigenvalue weighted by atomic mass is 10.2. The maximum atomic E-state index is 11.6. The molecule has 0 saturated heterocycles. The van der Waals surface area contributed by atoms with Crippen molar-refractivity contribution in [2.75, 3.05) is 0 Å². The van der Waals surface area contributed by atoms with Crippen molar-refractivity contribution in [3.8, 4) is 0 Å². The van der Waals surface area contributed by atoms with Gasteiger partial charge < -0.3 is 15.4 Å². The number of carbonyl (C=O) groups is 2. The molecule has 99 valence electrons. The molecule has 0 aromatic carbocycles. The number of hydrogen-bond donors (Lipinski definition) is 2. The van der Waals surface area contributed by atoms with Crippen LogP contribution in [0.1, 0.15) is 47.5 Å². The van der Waals surface area contributed by atoms with E-state index in [1.807, 2.05) is 13.8 Å². The fraction of sp³-hybridized carbons (Fsp3) is 0.750. The SMILES string of the molecule is CC[CH]NC(=O)[C@H](CC)NC(=O)OC(C)(C)C. The molecule has 5 heteroatoms. The predicted octanol–water partition coefficient (Wildman–Crippen LogP) is 1.98. The van der Waals surface area contributed by atoms with Crippen LogP contribution in [-0.4, -0.2) is 23.6 Å². The van der Waals surface area contributed by atoms with Crippen LogP contribution in [0.3, 0.4) is 0 Å². The molecule has 0 aromatic rings. The van der Waals surface area contributed by atoms with E-state index in [9.17, 15) is 9.59 Å². The van der Waals surface area contributed by atoms with E-state index < -0.39 is 17.7 Å². The third kappa shape index (κ3) is 7.60. The van der Waals surface area contributed by atoms with E-state index in [2.05, 4.69) is 10.6 Å². The molecule has 5 nitrogen and oxygen atoms in total. The number of alkyl carbamates (subject to hydrolysis) is 1. The standard InChI is InChI=1S/C12H23N2O3/c1-6-8-13-10(15)9(7-2)14-11(16)17-12(3,4)5/h8-9H,6-7H2,1-5H3,(H,13,15)(H,14,16)/t9-/m0/s1. The summed E-state index contributed by atoms with van der Waals surface area (Å²) in [5.74, 6) is -0.222. The van der Waals surface area contributed by atoms with Crippen LogP contribution in [0, 0.1) is 6.54 Å². The average Bonchev–Trinajstić information content (AvgIpc) is 2.19. The Morgan fingerprint density at radius 2 is 1.88 bits per heavy atom. The second-order valence-electron chi connectivity index (χ2n) is 4.73. The largest absolute Gasteiger partial charge is 0.444 e. The van der Waals surface area contributed by atoms with E-state index in [1.165, 1.54) is 0 Å². The first kappa shape index (κ1) is 15.7.